The summed E-state index contributed by atoms with van der Waals surface area (Å²) in [6.07, 6.45) is 3.54. The number of hydrogen-bond acceptors (Lipinski definition) is 4. The van der Waals surface area contributed by atoms with Gasteiger partial charge >= 0.3 is 0 Å². The third-order valence-electron chi connectivity index (χ3n) is 3.22. The van der Waals surface area contributed by atoms with Gasteiger partial charge in [-0.25, -0.2) is 22.5 Å². The van der Waals surface area contributed by atoms with Gasteiger partial charge in [-0.3, -0.25) is 0 Å². The van der Waals surface area contributed by atoms with E-state index in [9.17, 15) is 12.8 Å². The number of nitrogens with one attached hydrogen (secondary N) is 1. The van der Waals surface area contributed by atoms with Gasteiger partial charge < -0.3 is 5.11 Å². The summed E-state index contributed by atoms with van der Waals surface area (Å²) >= 11 is 0. The number of aliphatic hydroxyl groups excluding tert-OH is 1. The molecule has 0 aliphatic heterocycles. The molecule has 7 heteroatoms. The normalized spacial score (nSPS) is 17.7. The highest BCUT2D eigenvalue weighted by Crippen LogP contribution is 2.48. The molecule has 0 saturated heterocycles. The Labute approximate surface area is 105 Å². The third kappa shape index (κ3) is 2.85. The van der Waals surface area contributed by atoms with E-state index >= 15 is 0 Å². The molecule has 100 valence electrons. The van der Waals surface area contributed by atoms with Gasteiger partial charge in [0, 0.05) is 19.3 Å². The summed E-state index contributed by atoms with van der Waals surface area (Å²) in [5, 5.41) is 8.30. The van der Waals surface area contributed by atoms with Crippen LogP contribution in [0.15, 0.2) is 23.4 Å². The van der Waals surface area contributed by atoms with Gasteiger partial charge in [0.1, 0.15) is 0 Å². The van der Waals surface area contributed by atoms with Crippen LogP contribution in [0, 0.1) is 11.2 Å². The van der Waals surface area contributed by atoms with Gasteiger partial charge in [-0.15, -0.1) is 0 Å². The first-order valence-corrected chi connectivity index (χ1v) is 7.18. The largest absolute Gasteiger partial charge is 0.396 e. The average molecular weight is 274 g/mol. The van der Waals surface area contributed by atoms with E-state index in [4.69, 9.17) is 5.11 Å². The van der Waals surface area contributed by atoms with Crippen molar-refractivity contribution in [1.29, 1.82) is 0 Å². The van der Waals surface area contributed by atoms with Crippen molar-refractivity contribution in [1.82, 2.24) is 9.71 Å². The summed E-state index contributed by atoms with van der Waals surface area (Å²) in [7, 11) is -3.92. The Bertz CT molecular complexity index is 529. The zero-order valence-corrected chi connectivity index (χ0v) is 10.6. The first-order valence-electron chi connectivity index (χ1n) is 5.70. The van der Waals surface area contributed by atoms with Crippen molar-refractivity contribution in [2.45, 2.75) is 24.3 Å². The maximum absolute atomic E-state index is 13.3. The van der Waals surface area contributed by atoms with Crippen LogP contribution in [-0.2, 0) is 10.0 Å². The lowest BCUT2D eigenvalue weighted by Crippen LogP contribution is -2.31. The molecule has 0 unspecified atom stereocenters. The zero-order valence-electron chi connectivity index (χ0n) is 9.76. The Balaban J connectivity index is 2.07. The van der Waals surface area contributed by atoms with Gasteiger partial charge in [-0.05, 0) is 36.8 Å². The standard InChI is InChI=1S/C11H15FN2O3S/c12-9-2-1-6-13-10(9)18(16,17)14-8-11(3-4-11)5-7-15/h1-2,6,14-15H,3-5,7-8H2. The molecular formula is C11H15FN2O3S. The summed E-state index contributed by atoms with van der Waals surface area (Å²) in [4.78, 5) is 3.54. The molecule has 18 heavy (non-hydrogen) atoms. The molecule has 1 heterocycles. The smallest absolute Gasteiger partial charge is 0.261 e. The summed E-state index contributed by atoms with van der Waals surface area (Å²) in [5.74, 6) is -0.864. The minimum atomic E-state index is -3.92. The summed E-state index contributed by atoms with van der Waals surface area (Å²) in [5.41, 5.74) is -0.160. The van der Waals surface area contributed by atoms with Crippen molar-refractivity contribution < 1.29 is 17.9 Å². The topological polar surface area (TPSA) is 79.3 Å². The minimum absolute atomic E-state index is 0.0275. The summed E-state index contributed by atoms with van der Waals surface area (Å²) in [6, 6.07) is 2.39. The predicted octanol–water partition coefficient (Wildman–Crippen LogP) is 0.662. The molecular weight excluding hydrogens is 259 g/mol. The second kappa shape index (κ2) is 4.91. The van der Waals surface area contributed by atoms with E-state index in [1.54, 1.807) is 0 Å². The molecule has 1 saturated carbocycles. The molecule has 0 amide bonds. The van der Waals surface area contributed by atoms with Crippen LogP contribution in [0.3, 0.4) is 0 Å². The SMILES string of the molecule is O=S(=O)(NCC1(CCO)CC1)c1ncccc1F. The van der Waals surface area contributed by atoms with Crippen molar-refractivity contribution in [3.05, 3.63) is 24.1 Å². The highest BCUT2D eigenvalue weighted by atomic mass is 32.2. The Hall–Kier alpha value is -1.05. The van der Waals surface area contributed by atoms with E-state index in [0.29, 0.717) is 6.42 Å². The molecule has 5 nitrogen and oxygen atoms in total. The number of aromatic nitrogens is 1. The van der Waals surface area contributed by atoms with Crippen molar-refractivity contribution >= 4 is 10.0 Å². The molecule has 0 atom stereocenters. The maximum Gasteiger partial charge on any atom is 0.261 e. The van der Waals surface area contributed by atoms with E-state index < -0.39 is 20.9 Å². The molecule has 0 radical (unpaired) electrons. The number of aliphatic hydroxyl groups is 1. The minimum Gasteiger partial charge on any atom is -0.396 e. The lowest BCUT2D eigenvalue weighted by atomic mass is 10.0. The molecule has 2 rings (SSSR count). The number of hydrogen-bond donors (Lipinski definition) is 2. The number of pyridine rings is 1. The van der Waals surface area contributed by atoms with E-state index in [0.717, 1.165) is 18.9 Å². The predicted molar refractivity (Wildman–Crippen MR) is 62.8 cm³/mol. The summed E-state index contributed by atoms with van der Waals surface area (Å²) in [6.45, 7) is 0.242. The molecule has 0 bridgehead atoms. The first-order chi connectivity index (χ1) is 8.49. The zero-order chi connectivity index (χ0) is 13.2. The van der Waals surface area contributed by atoms with Crippen molar-refractivity contribution in [2.24, 2.45) is 5.41 Å². The van der Waals surface area contributed by atoms with Gasteiger partial charge in [-0.2, -0.15) is 0 Å². The van der Waals surface area contributed by atoms with Crippen molar-refractivity contribution in [3.8, 4) is 0 Å². The van der Waals surface area contributed by atoms with Gasteiger partial charge in [-0.1, -0.05) is 0 Å². The number of halogens is 1. The third-order valence-corrected chi connectivity index (χ3v) is 4.55. The Morgan fingerprint density at radius 1 is 1.50 bits per heavy atom. The molecule has 1 aliphatic carbocycles. The van der Waals surface area contributed by atoms with Gasteiger partial charge in [0.2, 0.25) is 5.03 Å². The second-order valence-electron chi connectivity index (χ2n) is 4.59. The van der Waals surface area contributed by atoms with Crippen LogP contribution < -0.4 is 4.72 Å². The van der Waals surface area contributed by atoms with E-state index in [1.807, 2.05) is 0 Å². The van der Waals surface area contributed by atoms with E-state index in [1.165, 1.54) is 12.3 Å². The van der Waals surface area contributed by atoms with Crippen LogP contribution in [-0.4, -0.2) is 31.7 Å². The highest BCUT2D eigenvalue weighted by molar-refractivity contribution is 7.89. The Kier molecular flexibility index (Phi) is 3.65. The molecule has 1 aliphatic rings. The van der Waals surface area contributed by atoms with Gasteiger partial charge in [0.05, 0.1) is 0 Å². The maximum atomic E-state index is 13.3. The number of nitrogens with zero attached hydrogens (tertiary/aromatic N) is 1. The molecule has 2 N–H and O–H groups in total. The number of rotatable bonds is 6. The van der Waals surface area contributed by atoms with Crippen LogP contribution in [0.2, 0.25) is 0 Å². The van der Waals surface area contributed by atoms with Crippen LogP contribution in [0.4, 0.5) is 4.39 Å². The second-order valence-corrected chi connectivity index (χ2v) is 6.27. The van der Waals surface area contributed by atoms with Crippen LogP contribution >= 0.6 is 0 Å². The summed E-state index contributed by atoms with van der Waals surface area (Å²) < 4.78 is 39.4. The van der Waals surface area contributed by atoms with Gasteiger partial charge in [0.15, 0.2) is 5.82 Å². The molecule has 0 aromatic carbocycles. The van der Waals surface area contributed by atoms with Crippen molar-refractivity contribution in [2.75, 3.05) is 13.2 Å². The average Bonchev–Trinajstić information content (AvgIpc) is 3.08. The number of sulfonamides is 1. The fourth-order valence-corrected chi connectivity index (χ4v) is 2.97. The van der Waals surface area contributed by atoms with Crippen LogP contribution in [0.25, 0.3) is 0 Å². The highest BCUT2D eigenvalue weighted by Gasteiger charge is 2.42. The molecule has 0 spiro atoms. The van der Waals surface area contributed by atoms with Crippen molar-refractivity contribution in [3.63, 3.8) is 0 Å². The Morgan fingerprint density at radius 3 is 2.78 bits per heavy atom. The quantitative estimate of drug-likeness (QED) is 0.798. The Morgan fingerprint density at radius 2 is 2.22 bits per heavy atom. The fourth-order valence-electron chi connectivity index (χ4n) is 1.81. The first kappa shape index (κ1) is 13.4. The van der Waals surface area contributed by atoms with Gasteiger partial charge in [0.25, 0.3) is 10.0 Å². The van der Waals surface area contributed by atoms with Crippen LogP contribution in [0.5, 0.6) is 0 Å². The van der Waals surface area contributed by atoms with E-state index in [-0.39, 0.29) is 18.6 Å². The lowest BCUT2D eigenvalue weighted by Gasteiger charge is -2.14. The lowest BCUT2D eigenvalue weighted by molar-refractivity contribution is 0.249. The molecule has 1 fully saturated rings. The van der Waals surface area contributed by atoms with Crippen LogP contribution in [0.1, 0.15) is 19.3 Å². The molecule has 1 aromatic rings. The monoisotopic (exact) mass is 274 g/mol. The van der Waals surface area contributed by atoms with E-state index in [2.05, 4.69) is 9.71 Å². The molecule has 1 aromatic heterocycles. The fraction of sp³-hybridized carbons (Fsp3) is 0.545.